The molecule has 1 rings (SSSR count). The molecule has 18 heavy (non-hydrogen) atoms. The SMILES string of the molecule is CC(C)NC(C)c1ccc(S(=O)(=O)N(C)C)cc1. The first-order valence-corrected chi connectivity index (χ1v) is 7.47. The van der Waals surface area contributed by atoms with Crippen molar-refractivity contribution in [1.29, 1.82) is 0 Å². The first kappa shape index (κ1) is 15.1. The number of hydrogen-bond acceptors (Lipinski definition) is 3. The van der Waals surface area contributed by atoms with Gasteiger partial charge in [-0.1, -0.05) is 26.0 Å². The third-order valence-electron chi connectivity index (χ3n) is 2.74. The summed E-state index contributed by atoms with van der Waals surface area (Å²) in [4.78, 5) is 0.327. The highest BCUT2D eigenvalue weighted by Crippen LogP contribution is 2.18. The third kappa shape index (κ3) is 3.54. The average Bonchev–Trinajstić information content (AvgIpc) is 2.28. The zero-order valence-electron chi connectivity index (χ0n) is 11.6. The van der Waals surface area contributed by atoms with Gasteiger partial charge >= 0.3 is 0 Å². The standard InChI is InChI=1S/C13H22N2O2S/c1-10(2)14-11(3)12-6-8-13(9-7-12)18(16,17)15(4)5/h6-11,14H,1-5H3. The predicted octanol–water partition coefficient (Wildman–Crippen LogP) is 2.00. The maximum absolute atomic E-state index is 11.9. The van der Waals surface area contributed by atoms with Gasteiger partial charge in [-0.2, -0.15) is 0 Å². The van der Waals surface area contributed by atoms with Crippen LogP contribution in [0, 0.1) is 0 Å². The van der Waals surface area contributed by atoms with E-state index in [1.54, 1.807) is 12.1 Å². The lowest BCUT2D eigenvalue weighted by molar-refractivity contribution is 0.505. The van der Waals surface area contributed by atoms with E-state index in [9.17, 15) is 8.42 Å². The van der Waals surface area contributed by atoms with Crippen LogP contribution in [0.1, 0.15) is 32.4 Å². The van der Waals surface area contributed by atoms with Gasteiger partial charge in [0, 0.05) is 26.2 Å². The second kappa shape index (κ2) is 5.82. The number of nitrogens with one attached hydrogen (secondary N) is 1. The predicted molar refractivity (Wildman–Crippen MR) is 74.0 cm³/mol. The molecular weight excluding hydrogens is 248 g/mol. The summed E-state index contributed by atoms with van der Waals surface area (Å²) in [6, 6.07) is 7.63. The molecular formula is C13H22N2O2S. The summed E-state index contributed by atoms with van der Waals surface area (Å²) in [5.74, 6) is 0. The molecule has 0 amide bonds. The van der Waals surface area contributed by atoms with Crippen LogP contribution in [0.2, 0.25) is 0 Å². The van der Waals surface area contributed by atoms with E-state index in [0.29, 0.717) is 10.9 Å². The molecule has 0 heterocycles. The molecule has 1 N–H and O–H groups in total. The largest absolute Gasteiger partial charge is 0.308 e. The summed E-state index contributed by atoms with van der Waals surface area (Å²) in [5, 5.41) is 3.38. The lowest BCUT2D eigenvalue weighted by atomic mass is 10.1. The van der Waals surface area contributed by atoms with Crippen LogP contribution in [0.15, 0.2) is 29.2 Å². The van der Waals surface area contributed by atoms with Crippen LogP contribution in [-0.2, 0) is 10.0 Å². The minimum atomic E-state index is -3.33. The van der Waals surface area contributed by atoms with Crippen LogP contribution in [0.4, 0.5) is 0 Å². The van der Waals surface area contributed by atoms with E-state index >= 15 is 0 Å². The lowest BCUT2D eigenvalue weighted by Crippen LogP contribution is -2.26. The molecule has 0 spiro atoms. The molecule has 1 aromatic carbocycles. The fraction of sp³-hybridized carbons (Fsp3) is 0.538. The summed E-state index contributed by atoms with van der Waals surface area (Å²) >= 11 is 0. The van der Waals surface area contributed by atoms with Gasteiger partial charge in [-0.05, 0) is 24.6 Å². The van der Waals surface area contributed by atoms with E-state index in [1.165, 1.54) is 18.4 Å². The Morgan fingerprint density at radius 1 is 1.06 bits per heavy atom. The van der Waals surface area contributed by atoms with E-state index in [4.69, 9.17) is 0 Å². The number of benzene rings is 1. The smallest absolute Gasteiger partial charge is 0.242 e. The zero-order valence-corrected chi connectivity index (χ0v) is 12.5. The Kier molecular flexibility index (Phi) is 4.90. The summed E-state index contributed by atoms with van der Waals surface area (Å²) in [6.45, 7) is 6.23. The molecule has 1 unspecified atom stereocenters. The monoisotopic (exact) mass is 270 g/mol. The maximum Gasteiger partial charge on any atom is 0.242 e. The minimum Gasteiger partial charge on any atom is -0.308 e. The number of hydrogen-bond donors (Lipinski definition) is 1. The van der Waals surface area contributed by atoms with Crippen LogP contribution < -0.4 is 5.32 Å². The molecule has 0 bridgehead atoms. The molecule has 1 atom stereocenters. The Labute approximate surface area is 110 Å². The fourth-order valence-corrected chi connectivity index (χ4v) is 2.64. The Morgan fingerprint density at radius 2 is 1.56 bits per heavy atom. The zero-order chi connectivity index (χ0) is 13.9. The molecule has 5 heteroatoms. The van der Waals surface area contributed by atoms with Gasteiger partial charge in [0.25, 0.3) is 0 Å². The molecule has 0 aliphatic rings. The normalized spacial score (nSPS) is 14.2. The van der Waals surface area contributed by atoms with Crippen LogP contribution in [0.25, 0.3) is 0 Å². The summed E-state index contributed by atoms with van der Waals surface area (Å²) in [5.41, 5.74) is 1.08. The van der Waals surface area contributed by atoms with Gasteiger partial charge in [-0.3, -0.25) is 0 Å². The second-order valence-corrected chi connectivity index (χ2v) is 7.05. The van der Waals surface area contributed by atoms with E-state index < -0.39 is 10.0 Å². The molecule has 0 aliphatic heterocycles. The highest BCUT2D eigenvalue weighted by Gasteiger charge is 2.17. The topological polar surface area (TPSA) is 49.4 Å². The van der Waals surface area contributed by atoms with Crippen LogP contribution in [0.3, 0.4) is 0 Å². The van der Waals surface area contributed by atoms with Gasteiger partial charge in [0.2, 0.25) is 10.0 Å². The first-order chi connectivity index (χ1) is 8.25. The molecule has 0 saturated carbocycles. The Bertz CT molecular complexity index is 478. The quantitative estimate of drug-likeness (QED) is 0.890. The maximum atomic E-state index is 11.9. The van der Waals surface area contributed by atoms with Gasteiger partial charge < -0.3 is 5.32 Å². The van der Waals surface area contributed by atoms with E-state index in [1.807, 2.05) is 12.1 Å². The third-order valence-corrected chi connectivity index (χ3v) is 4.57. The van der Waals surface area contributed by atoms with Crippen molar-refractivity contribution in [2.24, 2.45) is 0 Å². The van der Waals surface area contributed by atoms with Gasteiger partial charge in [-0.15, -0.1) is 0 Å². The van der Waals surface area contributed by atoms with Gasteiger partial charge in [0.05, 0.1) is 4.90 Å². The van der Waals surface area contributed by atoms with Crippen molar-refractivity contribution in [3.63, 3.8) is 0 Å². The van der Waals surface area contributed by atoms with E-state index in [0.717, 1.165) is 5.56 Å². The molecule has 0 radical (unpaired) electrons. The van der Waals surface area contributed by atoms with Crippen molar-refractivity contribution < 1.29 is 8.42 Å². The Hall–Kier alpha value is -0.910. The van der Waals surface area contributed by atoms with Crippen molar-refractivity contribution in [1.82, 2.24) is 9.62 Å². The van der Waals surface area contributed by atoms with Crippen molar-refractivity contribution in [3.05, 3.63) is 29.8 Å². The molecule has 0 fully saturated rings. The molecule has 1 aromatic rings. The summed E-state index contributed by atoms with van der Waals surface area (Å²) < 4.78 is 25.0. The molecule has 0 aliphatic carbocycles. The summed E-state index contributed by atoms with van der Waals surface area (Å²) in [6.07, 6.45) is 0. The van der Waals surface area contributed by atoms with Gasteiger partial charge in [0.1, 0.15) is 0 Å². The van der Waals surface area contributed by atoms with Crippen molar-refractivity contribution >= 4 is 10.0 Å². The van der Waals surface area contributed by atoms with Gasteiger partial charge in [0.15, 0.2) is 0 Å². The van der Waals surface area contributed by atoms with Crippen molar-refractivity contribution in [2.75, 3.05) is 14.1 Å². The van der Waals surface area contributed by atoms with Crippen molar-refractivity contribution in [3.8, 4) is 0 Å². The van der Waals surface area contributed by atoms with Crippen LogP contribution >= 0.6 is 0 Å². The van der Waals surface area contributed by atoms with Crippen LogP contribution in [0.5, 0.6) is 0 Å². The first-order valence-electron chi connectivity index (χ1n) is 6.03. The van der Waals surface area contributed by atoms with Gasteiger partial charge in [-0.25, -0.2) is 12.7 Å². The number of sulfonamides is 1. The Balaban J connectivity index is 2.94. The Morgan fingerprint density at radius 3 is 1.94 bits per heavy atom. The number of rotatable bonds is 5. The lowest BCUT2D eigenvalue weighted by Gasteiger charge is -2.18. The molecule has 4 nitrogen and oxygen atoms in total. The molecule has 0 aromatic heterocycles. The molecule has 0 saturated heterocycles. The summed E-state index contributed by atoms with van der Waals surface area (Å²) in [7, 11) is -0.262. The van der Waals surface area contributed by atoms with E-state index in [-0.39, 0.29) is 6.04 Å². The second-order valence-electron chi connectivity index (χ2n) is 4.90. The van der Waals surface area contributed by atoms with E-state index in [2.05, 4.69) is 26.1 Å². The highest BCUT2D eigenvalue weighted by molar-refractivity contribution is 7.89. The average molecular weight is 270 g/mol. The minimum absolute atomic E-state index is 0.209. The van der Waals surface area contributed by atoms with Crippen molar-refractivity contribution in [2.45, 2.75) is 37.8 Å². The highest BCUT2D eigenvalue weighted by atomic mass is 32.2. The van der Waals surface area contributed by atoms with Crippen LogP contribution in [-0.4, -0.2) is 32.9 Å². The number of nitrogens with zero attached hydrogens (tertiary/aromatic N) is 1. The molecule has 102 valence electrons. The fourth-order valence-electron chi connectivity index (χ4n) is 1.74.